The molecule has 8 nitrogen and oxygen atoms in total. The summed E-state index contributed by atoms with van der Waals surface area (Å²) in [6.45, 7) is 6.50. The second-order valence-corrected chi connectivity index (χ2v) is 5.37. The van der Waals surface area contributed by atoms with Gasteiger partial charge in [0.25, 0.3) is 0 Å². The second-order valence-electron chi connectivity index (χ2n) is 5.37. The largest absolute Gasteiger partial charge is 0.494 e. The molecule has 0 saturated carbocycles. The lowest BCUT2D eigenvalue weighted by Crippen LogP contribution is -2.43. The Labute approximate surface area is 147 Å². The fourth-order valence-electron chi connectivity index (χ4n) is 2.40. The second kappa shape index (κ2) is 9.51. The van der Waals surface area contributed by atoms with E-state index in [-0.39, 0.29) is 18.5 Å². The molecule has 0 radical (unpaired) electrons. The Morgan fingerprint density at radius 1 is 1.28 bits per heavy atom. The normalized spacial score (nSPS) is 14.5. The Bertz CT molecular complexity index is 616. The number of hydrogen-bond acceptors (Lipinski definition) is 4. The first-order valence-corrected chi connectivity index (χ1v) is 8.46. The van der Waals surface area contributed by atoms with E-state index in [1.54, 1.807) is 0 Å². The summed E-state index contributed by atoms with van der Waals surface area (Å²) >= 11 is 0. The first kappa shape index (κ1) is 18.6. The zero-order valence-electron chi connectivity index (χ0n) is 14.7. The van der Waals surface area contributed by atoms with Crippen LogP contribution in [0.1, 0.15) is 19.4 Å². The number of benzene rings is 1. The Morgan fingerprint density at radius 3 is 2.76 bits per heavy atom. The molecule has 0 bridgehead atoms. The van der Waals surface area contributed by atoms with Gasteiger partial charge in [-0.15, -0.1) is 0 Å². The van der Waals surface area contributed by atoms with Crippen LogP contribution in [0, 0.1) is 0 Å². The smallest absolute Gasteiger partial charge is 0.324 e. The van der Waals surface area contributed by atoms with Crippen LogP contribution in [-0.2, 0) is 11.3 Å². The number of rotatable bonds is 8. The zero-order chi connectivity index (χ0) is 18.1. The Kier molecular flexibility index (Phi) is 7.06. The van der Waals surface area contributed by atoms with Crippen molar-refractivity contribution in [3.05, 3.63) is 29.8 Å². The first-order valence-electron chi connectivity index (χ1n) is 8.46. The minimum atomic E-state index is -0.348. The predicted octanol–water partition coefficient (Wildman–Crippen LogP) is 0.692. The molecule has 1 aliphatic rings. The maximum atomic E-state index is 11.6. The van der Waals surface area contributed by atoms with Gasteiger partial charge in [-0.3, -0.25) is 9.69 Å². The third-order valence-corrected chi connectivity index (χ3v) is 3.59. The number of ether oxygens (including phenoxy) is 1. The van der Waals surface area contributed by atoms with Crippen molar-refractivity contribution in [3.63, 3.8) is 0 Å². The summed E-state index contributed by atoms with van der Waals surface area (Å²) in [5.74, 6) is 1.24. The zero-order valence-corrected chi connectivity index (χ0v) is 14.7. The Balaban J connectivity index is 1.92. The molecule has 136 valence electrons. The number of urea groups is 1. The van der Waals surface area contributed by atoms with E-state index in [1.165, 1.54) is 4.90 Å². The van der Waals surface area contributed by atoms with Crippen LogP contribution in [0.25, 0.3) is 0 Å². The monoisotopic (exact) mass is 347 g/mol. The molecule has 25 heavy (non-hydrogen) atoms. The summed E-state index contributed by atoms with van der Waals surface area (Å²) in [5, 5.41) is 8.78. The minimum absolute atomic E-state index is 0.0706. The summed E-state index contributed by atoms with van der Waals surface area (Å²) in [5.41, 5.74) is 0.996. The van der Waals surface area contributed by atoms with Crippen LogP contribution in [0.2, 0.25) is 0 Å². The fraction of sp³-hybridized carbons (Fsp3) is 0.471. The number of carbonyl (C=O) groups excluding carboxylic acids is 2. The van der Waals surface area contributed by atoms with Crippen LogP contribution in [0.4, 0.5) is 4.79 Å². The molecule has 3 N–H and O–H groups in total. The van der Waals surface area contributed by atoms with Gasteiger partial charge in [0.1, 0.15) is 5.75 Å². The number of amides is 3. The van der Waals surface area contributed by atoms with Crippen molar-refractivity contribution >= 4 is 17.9 Å². The first-order chi connectivity index (χ1) is 12.2. The number of nitrogens with zero attached hydrogens (tertiary/aromatic N) is 2. The number of carbonyl (C=O) groups is 2. The number of imide groups is 1. The van der Waals surface area contributed by atoms with E-state index in [0.29, 0.717) is 38.7 Å². The SMILES string of the molecule is CCNC(=NCc1ccccc1OCC)NCCN1C(=O)CNC1=O. The highest BCUT2D eigenvalue weighted by atomic mass is 16.5. The van der Waals surface area contributed by atoms with Crippen molar-refractivity contribution in [1.29, 1.82) is 0 Å². The summed E-state index contributed by atoms with van der Waals surface area (Å²) in [4.78, 5) is 28.8. The molecule has 0 aliphatic carbocycles. The van der Waals surface area contributed by atoms with Gasteiger partial charge in [0, 0.05) is 25.2 Å². The molecule has 1 heterocycles. The average Bonchev–Trinajstić information content (AvgIpc) is 2.93. The molecule has 1 aliphatic heterocycles. The lowest BCUT2D eigenvalue weighted by Gasteiger charge is -2.15. The Morgan fingerprint density at radius 2 is 2.08 bits per heavy atom. The summed E-state index contributed by atoms with van der Waals surface area (Å²) < 4.78 is 5.60. The van der Waals surface area contributed by atoms with E-state index in [9.17, 15) is 9.59 Å². The van der Waals surface area contributed by atoms with Gasteiger partial charge in [-0.2, -0.15) is 0 Å². The summed E-state index contributed by atoms with van der Waals surface area (Å²) in [6, 6.07) is 7.43. The van der Waals surface area contributed by atoms with Crippen molar-refractivity contribution in [3.8, 4) is 5.75 Å². The van der Waals surface area contributed by atoms with Crippen LogP contribution in [-0.4, -0.2) is 55.6 Å². The number of guanidine groups is 1. The molecule has 0 aromatic heterocycles. The highest BCUT2D eigenvalue weighted by Crippen LogP contribution is 2.18. The van der Waals surface area contributed by atoms with E-state index in [1.807, 2.05) is 38.1 Å². The standard InChI is InChI=1S/C17H25N5O3/c1-3-18-16(19-9-10-22-15(23)12-21-17(22)24)20-11-13-7-5-6-8-14(13)25-4-2/h5-8H,3-4,9-12H2,1-2H3,(H,21,24)(H2,18,19,20). The average molecular weight is 347 g/mol. The molecule has 0 spiro atoms. The van der Waals surface area contributed by atoms with Gasteiger partial charge in [0.15, 0.2) is 5.96 Å². The van der Waals surface area contributed by atoms with Gasteiger partial charge in [0.05, 0.1) is 19.7 Å². The number of hydrogen-bond donors (Lipinski definition) is 3. The molecule has 1 aromatic rings. The molecule has 3 amide bonds. The lowest BCUT2D eigenvalue weighted by atomic mass is 10.2. The molecular formula is C17H25N5O3. The molecule has 0 unspecified atom stereocenters. The van der Waals surface area contributed by atoms with Crippen LogP contribution in [0.3, 0.4) is 0 Å². The molecule has 1 saturated heterocycles. The topological polar surface area (TPSA) is 95.1 Å². The summed E-state index contributed by atoms with van der Waals surface area (Å²) in [6.07, 6.45) is 0. The maximum absolute atomic E-state index is 11.6. The predicted molar refractivity (Wildman–Crippen MR) is 95.5 cm³/mol. The van der Waals surface area contributed by atoms with Crippen LogP contribution in [0.5, 0.6) is 5.75 Å². The van der Waals surface area contributed by atoms with Gasteiger partial charge in [-0.1, -0.05) is 18.2 Å². The molecule has 1 fully saturated rings. The van der Waals surface area contributed by atoms with E-state index in [4.69, 9.17) is 4.74 Å². The number of para-hydroxylation sites is 1. The highest BCUT2D eigenvalue weighted by Gasteiger charge is 2.27. The number of aliphatic imine (C=N–C) groups is 1. The molecular weight excluding hydrogens is 322 g/mol. The van der Waals surface area contributed by atoms with E-state index >= 15 is 0 Å². The third kappa shape index (κ3) is 5.37. The van der Waals surface area contributed by atoms with Gasteiger partial charge in [0.2, 0.25) is 5.91 Å². The van der Waals surface area contributed by atoms with Crippen molar-refractivity contribution < 1.29 is 14.3 Å². The Hall–Kier alpha value is -2.77. The van der Waals surface area contributed by atoms with E-state index < -0.39 is 0 Å². The minimum Gasteiger partial charge on any atom is -0.494 e. The fourth-order valence-corrected chi connectivity index (χ4v) is 2.40. The lowest BCUT2D eigenvalue weighted by molar-refractivity contribution is -0.124. The van der Waals surface area contributed by atoms with Crippen LogP contribution in [0.15, 0.2) is 29.3 Å². The van der Waals surface area contributed by atoms with E-state index in [0.717, 1.165) is 11.3 Å². The molecule has 8 heteroatoms. The van der Waals surface area contributed by atoms with Gasteiger partial charge < -0.3 is 20.7 Å². The quantitative estimate of drug-likeness (QED) is 0.365. The molecule has 0 atom stereocenters. The van der Waals surface area contributed by atoms with Crippen molar-refractivity contribution in [2.45, 2.75) is 20.4 Å². The van der Waals surface area contributed by atoms with Crippen LogP contribution >= 0.6 is 0 Å². The summed E-state index contributed by atoms with van der Waals surface area (Å²) in [7, 11) is 0. The maximum Gasteiger partial charge on any atom is 0.324 e. The van der Waals surface area contributed by atoms with Gasteiger partial charge >= 0.3 is 6.03 Å². The third-order valence-electron chi connectivity index (χ3n) is 3.59. The van der Waals surface area contributed by atoms with Crippen molar-refractivity contribution in [1.82, 2.24) is 20.9 Å². The molecule has 2 rings (SSSR count). The highest BCUT2D eigenvalue weighted by molar-refractivity contribution is 6.01. The van der Waals surface area contributed by atoms with Gasteiger partial charge in [-0.05, 0) is 19.9 Å². The van der Waals surface area contributed by atoms with Crippen molar-refractivity contribution in [2.75, 3.05) is 32.8 Å². The van der Waals surface area contributed by atoms with Crippen LogP contribution < -0.4 is 20.7 Å². The van der Waals surface area contributed by atoms with Gasteiger partial charge in [-0.25, -0.2) is 9.79 Å². The van der Waals surface area contributed by atoms with Crippen molar-refractivity contribution in [2.24, 2.45) is 4.99 Å². The molecule has 1 aromatic carbocycles. The van der Waals surface area contributed by atoms with E-state index in [2.05, 4.69) is 20.9 Å². The number of nitrogens with one attached hydrogen (secondary N) is 3.